The Balaban J connectivity index is 1.69. The van der Waals surface area contributed by atoms with E-state index in [-0.39, 0.29) is 6.03 Å². The predicted octanol–water partition coefficient (Wildman–Crippen LogP) is 4.46. The summed E-state index contributed by atoms with van der Waals surface area (Å²) in [6.07, 6.45) is -4.05. The van der Waals surface area contributed by atoms with Crippen LogP contribution in [0.4, 0.5) is 33.7 Å². The van der Waals surface area contributed by atoms with Gasteiger partial charge in [0.15, 0.2) is 0 Å². The highest BCUT2D eigenvalue weighted by atomic mass is 19.4. The minimum absolute atomic E-state index is 0.314. The van der Waals surface area contributed by atoms with Crippen molar-refractivity contribution in [2.75, 3.05) is 36.4 Å². The van der Waals surface area contributed by atoms with Gasteiger partial charge in [0, 0.05) is 37.6 Å². The second-order valence-electron chi connectivity index (χ2n) is 6.60. The lowest BCUT2D eigenvalue weighted by Crippen LogP contribution is -2.38. The largest absolute Gasteiger partial charge is 0.417 e. The number of nitriles is 1. The van der Waals surface area contributed by atoms with Gasteiger partial charge in [-0.3, -0.25) is 0 Å². The van der Waals surface area contributed by atoms with Crippen molar-refractivity contribution in [3.63, 3.8) is 0 Å². The van der Waals surface area contributed by atoms with E-state index in [0.717, 1.165) is 6.07 Å². The highest BCUT2D eigenvalue weighted by Gasteiger charge is 2.34. The molecular weight excluding hydrogens is 388 g/mol. The van der Waals surface area contributed by atoms with Crippen molar-refractivity contribution in [1.82, 2.24) is 4.90 Å². The van der Waals surface area contributed by atoms with E-state index in [4.69, 9.17) is 5.26 Å². The summed E-state index contributed by atoms with van der Waals surface area (Å²) in [6, 6.07) is 10.2. The summed E-state index contributed by atoms with van der Waals surface area (Å²) in [5.74, 6) is -0.408. The number of benzene rings is 2. The maximum Gasteiger partial charge on any atom is 0.417 e. The molecule has 29 heavy (non-hydrogen) atoms. The summed E-state index contributed by atoms with van der Waals surface area (Å²) < 4.78 is 52.6. The van der Waals surface area contributed by atoms with Gasteiger partial charge in [0.25, 0.3) is 0 Å². The van der Waals surface area contributed by atoms with Gasteiger partial charge < -0.3 is 15.1 Å². The van der Waals surface area contributed by atoms with Gasteiger partial charge in [-0.2, -0.15) is 18.4 Å². The number of carbonyl (C=O) groups excluding carboxylic acids is 1. The van der Waals surface area contributed by atoms with E-state index in [1.54, 1.807) is 15.9 Å². The second-order valence-corrected chi connectivity index (χ2v) is 6.60. The number of nitrogens with one attached hydrogen (secondary N) is 1. The monoisotopic (exact) mass is 406 g/mol. The normalized spacial score (nSPS) is 14.9. The molecule has 0 radical (unpaired) electrons. The molecule has 1 fully saturated rings. The van der Waals surface area contributed by atoms with Crippen LogP contribution in [0.2, 0.25) is 0 Å². The molecule has 0 atom stereocenters. The molecule has 0 bridgehead atoms. The lowest BCUT2D eigenvalue weighted by Gasteiger charge is -2.25. The van der Waals surface area contributed by atoms with Gasteiger partial charge in [0.2, 0.25) is 0 Å². The van der Waals surface area contributed by atoms with Gasteiger partial charge >= 0.3 is 12.2 Å². The first-order valence-corrected chi connectivity index (χ1v) is 8.96. The maximum absolute atomic E-state index is 13.2. The van der Waals surface area contributed by atoms with E-state index in [9.17, 15) is 22.4 Å². The van der Waals surface area contributed by atoms with Crippen LogP contribution in [-0.2, 0) is 6.18 Å². The fourth-order valence-corrected chi connectivity index (χ4v) is 3.18. The van der Waals surface area contributed by atoms with Crippen LogP contribution in [0.25, 0.3) is 0 Å². The van der Waals surface area contributed by atoms with Crippen LogP contribution in [0, 0.1) is 17.1 Å². The zero-order valence-corrected chi connectivity index (χ0v) is 15.3. The molecule has 0 spiro atoms. The number of alkyl halides is 3. The summed E-state index contributed by atoms with van der Waals surface area (Å²) in [6.45, 7) is 1.57. The van der Waals surface area contributed by atoms with Crippen molar-refractivity contribution in [2.24, 2.45) is 0 Å². The first-order valence-electron chi connectivity index (χ1n) is 8.96. The summed E-state index contributed by atoms with van der Waals surface area (Å²) in [7, 11) is 0. The van der Waals surface area contributed by atoms with E-state index >= 15 is 0 Å². The minimum Gasteiger partial charge on any atom is -0.370 e. The highest BCUT2D eigenvalue weighted by molar-refractivity contribution is 5.89. The SMILES string of the molecule is N#Cc1ccc(N2CCCN(C(=O)Nc3ccc(F)cc3)CC2)cc1C(F)(F)F. The molecule has 0 unspecified atom stereocenters. The molecule has 9 heteroatoms. The third-order valence-electron chi connectivity index (χ3n) is 4.67. The van der Waals surface area contributed by atoms with Gasteiger partial charge in [-0.15, -0.1) is 0 Å². The third-order valence-corrected chi connectivity index (χ3v) is 4.67. The minimum atomic E-state index is -4.62. The van der Waals surface area contributed by atoms with Gasteiger partial charge in [-0.1, -0.05) is 0 Å². The summed E-state index contributed by atoms with van der Waals surface area (Å²) >= 11 is 0. The molecular formula is C20H18F4N4O. The standard InChI is InChI=1S/C20H18F4N4O/c21-15-3-5-16(6-4-15)26-19(29)28-9-1-8-27(10-11-28)17-7-2-14(13-25)18(12-17)20(22,23)24/h2-7,12H,1,8-11H2,(H,26,29). The second kappa shape index (κ2) is 8.39. The molecule has 2 aromatic rings. The molecule has 2 amide bonds. The van der Waals surface area contributed by atoms with Crippen LogP contribution in [-0.4, -0.2) is 37.1 Å². The van der Waals surface area contributed by atoms with Crippen LogP contribution in [0.5, 0.6) is 0 Å². The average molecular weight is 406 g/mol. The zero-order chi connectivity index (χ0) is 21.0. The first-order chi connectivity index (χ1) is 13.8. The Morgan fingerprint density at radius 2 is 1.76 bits per heavy atom. The molecule has 3 rings (SSSR count). The number of anilines is 2. The molecule has 1 saturated heterocycles. The van der Waals surface area contributed by atoms with Gasteiger partial charge in [0.1, 0.15) is 5.82 Å². The lowest BCUT2D eigenvalue weighted by atomic mass is 10.1. The average Bonchev–Trinajstić information content (AvgIpc) is 2.95. The van der Waals surface area contributed by atoms with Crippen molar-refractivity contribution in [3.8, 4) is 6.07 Å². The van der Waals surface area contributed by atoms with E-state index < -0.39 is 23.1 Å². The Morgan fingerprint density at radius 3 is 2.41 bits per heavy atom. The van der Waals surface area contributed by atoms with E-state index in [1.165, 1.54) is 36.4 Å². The first kappa shape index (κ1) is 20.5. The van der Waals surface area contributed by atoms with Crippen molar-refractivity contribution >= 4 is 17.4 Å². The maximum atomic E-state index is 13.2. The number of carbonyl (C=O) groups is 1. The number of amides is 2. The Kier molecular flexibility index (Phi) is 5.92. The number of halogens is 4. The van der Waals surface area contributed by atoms with Crippen molar-refractivity contribution in [3.05, 3.63) is 59.4 Å². The van der Waals surface area contributed by atoms with Crippen LogP contribution in [0.15, 0.2) is 42.5 Å². The van der Waals surface area contributed by atoms with Gasteiger partial charge in [-0.25, -0.2) is 9.18 Å². The smallest absolute Gasteiger partial charge is 0.370 e. The molecule has 5 nitrogen and oxygen atoms in total. The quantitative estimate of drug-likeness (QED) is 0.750. The fourth-order valence-electron chi connectivity index (χ4n) is 3.18. The van der Waals surface area contributed by atoms with Crippen LogP contribution < -0.4 is 10.2 Å². The zero-order valence-electron chi connectivity index (χ0n) is 15.3. The van der Waals surface area contributed by atoms with E-state index in [2.05, 4.69) is 5.32 Å². The summed E-state index contributed by atoms with van der Waals surface area (Å²) in [4.78, 5) is 15.8. The van der Waals surface area contributed by atoms with Crippen molar-refractivity contribution < 1.29 is 22.4 Å². The molecule has 0 saturated carbocycles. The van der Waals surface area contributed by atoms with Crippen LogP contribution in [0.3, 0.4) is 0 Å². The number of hydrogen-bond acceptors (Lipinski definition) is 3. The molecule has 0 aliphatic carbocycles. The van der Waals surface area contributed by atoms with Crippen LogP contribution in [0.1, 0.15) is 17.5 Å². The van der Waals surface area contributed by atoms with E-state index in [0.29, 0.717) is 44.0 Å². The molecule has 1 N–H and O–H groups in total. The number of rotatable bonds is 2. The molecule has 0 aromatic heterocycles. The number of urea groups is 1. The topological polar surface area (TPSA) is 59.4 Å². The van der Waals surface area contributed by atoms with Crippen LogP contribution >= 0.6 is 0 Å². The molecule has 152 valence electrons. The fraction of sp³-hybridized carbons (Fsp3) is 0.300. The van der Waals surface area contributed by atoms with Gasteiger partial charge in [-0.05, 0) is 48.9 Å². The molecule has 1 aliphatic heterocycles. The summed E-state index contributed by atoms with van der Waals surface area (Å²) in [5.41, 5.74) is -0.569. The summed E-state index contributed by atoms with van der Waals surface area (Å²) in [5, 5.41) is 11.6. The van der Waals surface area contributed by atoms with Crippen molar-refractivity contribution in [1.29, 1.82) is 5.26 Å². The highest BCUT2D eigenvalue weighted by Crippen LogP contribution is 2.34. The van der Waals surface area contributed by atoms with Gasteiger partial charge in [0.05, 0.1) is 17.2 Å². The Bertz CT molecular complexity index is 922. The Hall–Kier alpha value is -3.28. The molecule has 2 aromatic carbocycles. The Morgan fingerprint density at radius 1 is 1.03 bits per heavy atom. The third kappa shape index (κ3) is 4.96. The molecule has 1 heterocycles. The van der Waals surface area contributed by atoms with Crippen molar-refractivity contribution in [2.45, 2.75) is 12.6 Å². The van der Waals surface area contributed by atoms with E-state index in [1.807, 2.05) is 0 Å². The predicted molar refractivity (Wildman–Crippen MR) is 100.0 cm³/mol. The Labute approximate surface area is 165 Å². The lowest BCUT2D eigenvalue weighted by molar-refractivity contribution is -0.137. The number of hydrogen-bond donors (Lipinski definition) is 1. The molecule has 1 aliphatic rings. The number of nitrogens with zero attached hydrogens (tertiary/aromatic N) is 3.